The number of nitrogens with one attached hydrogen (secondary N) is 2. The molecule has 0 spiro atoms. The Morgan fingerprint density at radius 1 is 1.03 bits per heavy atom. The number of aromatic amines is 1. The fourth-order valence-electron chi connectivity index (χ4n) is 2.93. The molecule has 0 radical (unpaired) electrons. The van der Waals surface area contributed by atoms with Gasteiger partial charge in [-0.1, -0.05) is 17.7 Å². The highest BCUT2D eigenvalue weighted by atomic mass is 35.5. The molecule has 0 fully saturated rings. The van der Waals surface area contributed by atoms with Crippen LogP contribution in [0.25, 0.3) is 11.1 Å². The lowest BCUT2D eigenvalue weighted by atomic mass is 10.0. The van der Waals surface area contributed by atoms with Crippen molar-refractivity contribution in [1.29, 1.82) is 0 Å². The summed E-state index contributed by atoms with van der Waals surface area (Å²) in [6, 6.07) is 12.4. The van der Waals surface area contributed by atoms with E-state index in [4.69, 9.17) is 25.8 Å². The highest BCUT2D eigenvalue weighted by molar-refractivity contribution is 6.30. The molecule has 8 heteroatoms. The van der Waals surface area contributed by atoms with Crippen LogP contribution in [0, 0.1) is 6.92 Å². The zero-order chi connectivity index (χ0) is 21.5. The van der Waals surface area contributed by atoms with Gasteiger partial charge in [-0.25, -0.2) is 0 Å². The number of rotatable bonds is 9. The van der Waals surface area contributed by atoms with Gasteiger partial charge in [0, 0.05) is 16.3 Å². The molecule has 0 aliphatic carbocycles. The van der Waals surface area contributed by atoms with E-state index >= 15 is 0 Å². The van der Waals surface area contributed by atoms with Crippen molar-refractivity contribution in [3.05, 3.63) is 53.2 Å². The van der Waals surface area contributed by atoms with Crippen molar-refractivity contribution in [2.45, 2.75) is 20.8 Å². The first-order chi connectivity index (χ1) is 14.5. The van der Waals surface area contributed by atoms with Crippen molar-refractivity contribution < 1.29 is 19.0 Å². The average molecular weight is 430 g/mol. The molecule has 0 saturated carbocycles. The number of aromatic nitrogens is 2. The summed E-state index contributed by atoms with van der Waals surface area (Å²) < 4.78 is 16.8. The fraction of sp³-hybridized carbons (Fsp3) is 0.273. The summed E-state index contributed by atoms with van der Waals surface area (Å²) in [5.41, 5.74) is 2.44. The Morgan fingerprint density at radius 3 is 2.43 bits per heavy atom. The highest BCUT2D eigenvalue weighted by Crippen LogP contribution is 2.36. The Morgan fingerprint density at radius 2 is 1.73 bits per heavy atom. The molecule has 30 heavy (non-hydrogen) atoms. The molecular weight excluding hydrogens is 406 g/mol. The molecule has 7 nitrogen and oxygen atoms in total. The summed E-state index contributed by atoms with van der Waals surface area (Å²) in [7, 11) is 0. The van der Waals surface area contributed by atoms with Gasteiger partial charge in [0.1, 0.15) is 5.75 Å². The smallest absolute Gasteiger partial charge is 0.263 e. The third-order valence-corrected chi connectivity index (χ3v) is 4.47. The Hall–Kier alpha value is -3.19. The lowest BCUT2D eigenvalue weighted by Crippen LogP contribution is -2.20. The first-order valence-electron chi connectivity index (χ1n) is 9.65. The number of hydrogen-bond donors (Lipinski definition) is 2. The van der Waals surface area contributed by atoms with Crippen molar-refractivity contribution in [2.75, 3.05) is 25.1 Å². The van der Waals surface area contributed by atoms with Crippen LogP contribution < -0.4 is 19.5 Å². The predicted octanol–water partition coefficient (Wildman–Crippen LogP) is 4.85. The second-order valence-electron chi connectivity index (χ2n) is 6.39. The van der Waals surface area contributed by atoms with E-state index in [0.29, 0.717) is 41.3 Å². The largest absolute Gasteiger partial charge is 0.490 e. The van der Waals surface area contributed by atoms with Crippen molar-refractivity contribution in [3.63, 3.8) is 0 Å². The van der Waals surface area contributed by atoms with E-state index in [2.05, 4.69) is 15.5 Å². The highest BCUT2D eigenvalue weighted by Gasteiger charge is 2.17. The number of carbonyl (C=O) groups is 1. The summed E-state index contributed by atoms with van der Waals surface area (Å²) in [5, 5.41) is 10.6. The number of hydrogen-bond acceptors (Lipinski definition) is 5. The molecule has 0 bridgehead atoms. The third-order valence-electron chi connectivity index (χ3n) is 4.22. The second kappa shape index (κ2) is 10.0. The second-order valence-corrected chi connectivity index (χ2v) is 6.83. The van der Waals surface area contributed by atoms with Crippen LogP contribution in [-0.4, -0.2) is 35.9 Å². The summed E-state index contributed by atoms with van der Waals surface area (Å²) in [6.45, 7) is 6.62. The molecule has 0 saturated heterocycles. The standard InChI is InChI=1S/C22H24ClN3O4/c1-4-28-18-11-6-15(12-19(18)29-5-2)21-14(3)25-26-22(21)24-20(27)13-30-17-9-7-16(23)8-10-17/h6-12H,4-5,13H2,1-3H3,(H2,24,25,26,27). The van der Waals surface area contributed by atoms with Gasteiger partial charge in [0.05, 0.1) is 13.2 Å². The lowest BCUT2D eigenvalue weighted by molar-refractivity contribution is -0.118. The monoisotopic (exact) mass is 429 g/mol. The summed E-state index contributed by atoms with van der Waals surface area (Å²) in [4.78, 5) is 12.4. The molecule has 3 rings (SSSR count). The van der Waals surface area contributed by atoms with Gasteiger partial charge >= 0.3 is 0 Å². The molecule has 0 aliphatic rings. The maximum Gasteiger partial charge on any atom is 0.263 e. The van der Waals surface area contributed by atoms with Gasteiger partial charge in [0.25, 0.3) is 5.91 Å². The van der Waals surface area contributed by atoms with E-state index in [9.17, 15) is 4.79 Å². The van der Waals surface area contributed by atoms with Crippen molar-refractivity contribution >= 4 is 23.3 Å². The molecule has 1 aromatic heterocycles. The van der Waals surface area contributed by atoms with Gasteiger partial charge in [-0.15, -0.1) is 0 Å². The molecular formula is C22H24ClN3O4. The van der Waals surface area contributed by atoms with Crippen LogP contribution >= 0.6 is 11.6 Å². The van der Waals surface area contributed by atoms with Crippen LogP contribution in [-0.2, 0) is 4.79 Å². The van der Waals surface area contributed by atoms with E-state index < -0.39 is 0 Å². The maximum absolute atomic E-state index is 12.4. The predicted molar refractivity (Wildman–Crippen MR) is 117 cm³/mol. The van der Waals surface area contributed by atoms with E-state index in [1.54, 1.807) is 24.3 Å². The molecule has 2 aromatic carbocycles. The maximum atomic E-state index is 12.4. The minimum absolute atomic E-state index is 0.152. The number of anilines is 1. The number of aryl methyl sites for hydroxylation is 1. The van der Waals surface area contributed by atoms with Crippen LogP contribution in [0.2, 0.25) is 5.02 Å². The fourth-order valence-corrected chi connectivity index (χ4v) is 3.05. The first kappa shape index (κ1) is 21.5. The minimum atomic E-state index is -0.325. The zero-order valence-corrected chi connectivity index (χ0v) is 17.9. The Balaban J connectivity index is 1.76. The first-order valence-corrected chi connectivity index (χ1v) is 10.0. The van der Waals surface area contributed by atoms with E-state index in [-0.39, 0.29) is 12.5 Å². The van der Waals surface area contributed by atoms with Crippen LogP contribution in [0.5, 0.6) is 17.2 Å². The number of halogens is 1. The Bertz CT molecular complexity index is 1000. The Kier molecular flexibility index (Phi) is 7.19. The number of H-pyrrole nitrogens is 1. The molecule has 0 aliphatic heterocycles. The van der Waals surface area contributed by atoms with Crippen LogP contribution in [0.1, 0.15) is 19.5 Å². The van der Waals surface area contributed by atoms with Crippen LogP contribution in [0.3, 0.4) is 0 Å². The van der Waals surface area contributed by atoms with Crippen molar-refractivity contribution in [1.82, 2.24) is 10.2 Å². The van der Waals surface area contributed by atoms with Gasteiger partial charge in [-0.2, -0.15) is 5.10 Å². The Labute approximate surface area is 180 Å². The van der Waals surface area contributed by atoms with E-state index in [1.165, 1.54) is 0 Å². The van der Waals surface area contributed by atoms with Gasteiger partial charge in [0.2, 0.25) is 0 Å². The van der Waals surface area contributed by atoms with E-state index in [0.717, 1.165) is 16.8 Å². The number of amides is 1. The summed E-state index contributed by atoms with van der Waals surface area (Å²) in [6.07, 6.45) is 0. The normalized spacial score (nSPS) is 10.5. The summed E-state index contributed by atoms with van der Waals surface area (Å²) >= 11 is 5.85. The number of ether oxygens (including phenoxy) is 3. The third kappa shape index (κ3) is 5.24. The molecule has 1 amide bonds. The lowest BCUT2D eigenvalue weighted by Gasteiger charge is -2.13. The topological polar surface area (TPSA) is 85.5 Å². The van der Waals surface area contributed by atoms with Gasteiger partial charge in [0.15, 0.2) is 23.9 Å². The molecule has 3 aromatic rings. The quantitative estimate of drug-likeness (QED) is 0.507. The van der Waals surface area contributed by atoms with E-state index in [1.807, 2.05) is 39.0 Å². The zero-order valence-electron chi connectivity index (χ0n) is 17.1. The number of benzene rings is 2. The van der Waals surface area contributed by atoms with Gasteiger partial charge < -0.3 is 19.5 Å². The molecule has 0 unspecified atom stereocenters. The molecule has 158 valence electrons. The number of carbonyl (C=O) groups excluding carboxylic acids is 1. The van der Waals surface area contributed by atoms with Crippen LogP contribution in [0.4, 0.5) is 5.82 Å². The van der Waals surface area contributed by atoms with Gasteiger partial charge in [-0.05, 0) is 62.7 Å². The minimum Gasteiger partial charge on any atom is -0.490 e. The van der Waals surface area contributed by atoms with Crippen molar-refractivity contribution in [2.24, 2.45) is 0 Å². The molecule has 0 atom stereocenters. The molecule has 2 N–H and O–H groups in total. The average Bonchev–Trinajstić information content (AvgIpc) is 3.09. The molecule has 1 heterocycles. The number of nitrogens with zero attached hydrogens (tertiary/aromatic N) is 1. The summed E-state index contributed by atoms with van der Waals surface area (Å²) in [5.74, 6) is 1.96. The van der Waals surface area contributed by atoms with Crippen LogP contribution in [0.15, 0.2) is 42.5 Å². The SMILES string of the molecule is CCOc1ccc(-c2c(NC(=O)COc3ccc(Cl)cc3)n[nH]c2C)cc1OCC. The van der Waals surface area contributed by atoms with Gasteiger partial charge in [-0.3, -0.25) is 9.89 Å². The van der Waals surface area contributed by atoms with Crippen molar-refractivity contribution in [3.8, 4) is 28.4 Å².